The second-order valence-electron chi connectivity index (χ2n) is 11.3. The van der Waals surface area contributed by atoms with E-state index < -0.39 is 0 Å². The zero-order valence-electron chi connectivity index (χ0n) is 19.1. The van der Waals surface area contributed by atoms with Gasteiger partial charge in [-0.15, -0.1) is 0 Å². The standard InChI is InChI=1S/C27H40N2O/c1-4-17-6-9-22-21-8-5-18-15-20(30-25-16-19(28)7-10-24(25)29)11-13-27(18,3)23(21)12-14-26(17,22)2/h5,7,10,16-17,20-23H,4,6,8-9,11-15,28-29H2,1-3H3. The number of nitrogen functional groups attached to an aromatic ring is 2. The number of hydrogen-bond donors (Lipinski definition) is 2. The van der Waals surface area contributed by atoms with Gasteiger partial charge in [-0.25, -0.2) is 0 Å². The van der Waals surface area contributed by atoms with Gasteiger partial charge in [0.1, 0.15) is 11.9 Å². The molecule has 3 fully saturated rings. The van der Waals surface area contributed by atoms with Crippen LogP contribution in [0.15, 0.2) is 29.8 Å². The van der Waals surface area contributed by atoms with Crippen LogP contribution in [-0.4, -0.2) is 6.10 Å². The average Bonchev–Trinajstić information content (AvgIpc) is 3.07. The molecule has 30 heavy (non-hydrogen) atoms. The van der Waals surface area contributed by atoms with Gasteiger partial charge in [-0.3, -0.25) is 0 Å². The summed E-state index contributed by atoms with van der Waals surface area (Å²) in [6, 6.07) is 5.57. The molecule has 0 heterocycles. The molecule has 0 aromatic heterocycles. The Morgan fingerprint density at radius 1 is 1.03 bits per heavy atom. The molecule has 1 aromatic rings. The molecule has 0 spiro atoms. The molecule has 164 valence electrons. The minimum absolute atomic E-state index is 0.217. The number of anilines is 2. The zero-order valence-corrected chi connectivity index (χ0v) is 19.1. The Hall–Kier alpha value is -1.64. The highest BCUT2D eigenvalue weighted by Crippen LogP contribution is 2.66. The van der Waals surface area contributed by atoms with Crippen molar-refractivity contribution in [2.45, 2.75) is 84.7 Å². The molecule has 0 saturated heterocycles. The zero-order chi connectivity index (χ0) is 21.1. The van der Waals surface area contributed by atoms with Crippen molar-refractivity contribution in [1.82, 2.24) is 0 Å². The molecule has 4 aliphatic rings. The van der Waals surface area contributed by atoms with E-state index in [-0.39, 0.29) is 6.10 Å². The highest BCUT2D eigenvalue weighted by molar-refractivity contribution is 5.59. The smallest absolute Gasteiger partial charge is 0.144 e. The normalized spacial score (nSPS) is 42.6. The van der Waals surface area contributed by atoms with Gasteiger partial charge in [0, 0.05) is 18.2 Å². The van der Waals surface area contributed by atoms with Crippen molar-refractivity contribution >= 4 is 11.4 Å². The van der Waals surface area contributed by atoms with E-state index in [0.717, 1.165) is 42.3 Å². The van der Waals surface area contributed by atoms with Crippen molar-refractivity contribution in [2.24, 2.45) is 34.5 Å². The first kappa shape index (κ1) is 20.3. The number of ether oxygens (including phenoxy) is 1. The molecule has 7 unspecified atom stereocenters. The molecule has 5 rings (SSSR count). The first-order valence-electron chi connectivity index (χ1n) is 12.4. The number of rotatable bonds is 3. The van der Waals surface area contributed by atoms with E-state index >= 15 is 0 Å². The molecule has 0 bridgehead atoms. The van der Waals surface area contributed by atoms with Crippen LogP contribution in [-0.2, 0) is 0 Å². The van der Waals surface area contributed by atoms with Gasteiger partial charge in [0.15, 0.2) is 0 Å². The van der Waals surface area contributed by atoms with Gasteiger partial charge in [0.2, 0.25) is 0 Å². The van der Waals surface area contributed by atoms with Crippen molar-refractivity contribution in [1.29, 1.82) is 0 Å². The predicted octanol–water partition coefficient (Wildman–Crippen LogP) is 6.59. The second-order valence-corrected chi connectivity index (χ2v) is 11.3. The minimum atomic E-state index is 0.217. The van der Waals surface area contributed by atoms with Gasteiger partial charge in [0.25, 0.3) is 0 Å². The highest BCUT2D eigenvalue weighted by atomic mass is 16.5. The maximum Gasteiger partial charge on any atom is 0.144 e. The van der Waals surface area contributed by atoms with Crippen molar-refractivity contribution in [3.05, 3.63) is 29.8 Å². The first-order valence-corrected chi connectivity index (χ1v) is 12.4. The summed E-state index contributed by atoms with van der Waals surface area (Å²) in [5.41, 5.74) is 16.1. The largest absolute Gasteiger partial charge is 0.488 e. The van der Waals surface area contributed by atoms with Crippen LogP contribution in [0.2, 0.25) is 0 Å². The molecule has 0 radical (unpaired) electrons. The van der Waals surface area contributed by atoms with Crippen LogP contribution in [0, 0.1) is 34.5 Å². The maximum absolute atomic E-state index is 6.37. The van der Waals surface area contributed by atoms with Crippen LogP contribution in [0.4, 0.5) is 11.4 Å². The monoisotopic (exact) mass is 408 g/mol. The van der Waals surface area contributed by atoms with Crippen LogP contribution in [0.5, 0.6) is 5.75 Å². The lowest BCUT2D eigenvalue weighted by Gasteiger charge is -2.58. The quantitative estimate of drug-likeness (QED) is 0.438. The van der Waals surface area contributed by atoms with E-state index in [1.165, 1.54) is 44.9 Å². The van der Waals surface area contributed by atoms with Crippen molar-refractivity contribution in [2.75, 3.05) is 11.5 Å². The molecule has 1 aromatic carbocycles. The SMILES string of the molecule is CCC1CCC2C3CC=C4CC(Oc5cc(N)ccc5N)CCC4(C)C3CCC12C. The summed E-state index contributed by atoms with van der Waals surface area (Å²) in [6.07, 6.45) is 14.7. The Kier molecular flexibility index (Phi) is 4.87. The third kappa shape index (κ3) is 2.99. The number of benzene rings is 1. The molecule has 3 nitrogen and oxygen atoms in total. The molecule has 4 N–H and O–H groups in total. The fourth-order valence-electron chi connectivity index (χ4n) is 8.34. The van der Waals surface area contributed by atoms with E-state index in [0.29, 0.717) is 22.2 Å². The van der Waals surface area contributed by atoms with Crippen molar-refractivity contribution < 1.29 is 4.74 Å². The predicted molar refractivity (Wildman–Crippen MR) is 125 cm³/mol. The number of fused-ring (bicyclic) bond motifs is 5. The third-order valence-corrected chi connectivity index (χ3v) is 10.1. The van der Waals surface area contributed by atoms with Crippen molar-refractivity contribution in [3.8, 4) is 5.75 Å². The summed E-state index contributed by atoms with van der Waals surface area (Å²) >= 11 is 0. The lowest BCUT2D eigenvalue weighted by molar-refractivity contribution is -0.0483. The minimum Gasteiger partial charge on any atom is -0.488 e. The van der Waals surface area contributed by atoms with Crippen LogP contribution in [0.25, 0.3) is 0 Å². The van der Waals surface area contributed by atoms with Crippen LogP contribution >= 0.6 is 0 Å². The van der Waals surface area contributed by atoms with E-state index in [4.69, 9.17) is 16.2 Å². The van der Waals surface area contributed by atoms with E-state index in [2.05, 4.69) is 26.8 Å². The fraction of sp³-hybridized carbons (Fsp3) is 0.704. The highest BCUT2D eigenvalue weighted by Gasteiger charge is 2.58. The Balaban J connectivity index is 1.35. The van der Waals surface area contributed by atoms with Crippen LogP contribution < -0.4 is 16.2 Å². The van der Waals surface area contributed by atoms with Gasteiger partial charge in [-0.1, -0.05) is 38.8 Å². The second kappa shape index (κ2) is 7.21. The van der Waals surface area contributed by atoms with Gasteiger partial charge >= 0.3 is 0 Å². The molecule has 0 aliphatic heterocycles. The lowest BCUT2D eigenvalue weighted by atomic mass is 9.47. The summed E-state index contributed by atoms with van der Waals surface area (Å²) < 4.78 is 6.37. The Labute approximate surface area is 182 Å². The Bertz CT molecular complexity index is 847. The topological polar surface area (TPSA) is 61.3 Å². The third-order valence-electron chi connectivity index (χ3n) is 10.1. The van der Waals surface area contributed by atoms with Crippen molar-refractivity contribution in [3.63, 3.8) is 0 Å². The van der Waals surface area contributed by atoms with Crippen LogP contribution in [0.3, 0.4) is 0 Å². The molecular formula is C27H40N2O. The number of allylic oxidation sites excluding steroid dienone is 1. The van der Waals surface area contributed by atoms with Crippen LogP contribution in [0.1, 0.15) is 78.6 Å². The summed E-state index contributed by atoms with van der Waals surface area (Å²) in [4.78, 5) is 0. The Morgan fingerprint density at radius 3 is 2.67 bits per heavy atom. The summed E-state index contributed by atoms with van der Waals surface area (Å²) in [7, 11) is 0. The van der Waals surface area contributed by atoms with Gasteiger partial charge in [-0.2, -0.15) is 0 Å². The molecule has 3 heteroatoms. The first-order chi connectivity index (χ1) is 14.3. The van der Waals surface area contributed by atoms with Gasteiger partial charge in [-0.05, 0) is 91.6 Å². The molecule has 3 saturated carbocycles. The summed E-state index contributed by atoms with van der Waals surface area (Å²) in [5, 5.41) is 0. The van der Waals surface area contributed by atoms with E-state index in [1.54, 1.807) is 5.57 Å². The fourth-order valence-corrected chi connectivity index (χ4v) is 8.34. The average molecular weight is 409 g/mol. The molecule has 7 atom stereocenters. The maximum atomic E-state index is 6.37. The molecule has 0 amide bonds. The molecule has 4 aliphatic carbocycles. The van der Waals surface area contributed by atoms with Gasteiger partial charge in [0.05, 0.1) is 5.69 Å². The van der Waals surface area contributed by atoms with E-state index in [1.807, 2.05) is 18.2 Å². The number of nitrogens with two attached hydrogens (primary N) is 2. The summed E-state index contributed by atoms with van der Waals surface area (Å²) in [5.74, 6) is 4.41. The lowest BCUT2D eigenvalue weighted by Crippen LogP contribution is -2.50. The van der Waals surface area contributed by atoms with Gasteiger partial charge < -0.3 is 16.2 Å². The summed E-state index contributed by atoms with van der Waals surface area (Å²) in [6.45, 7) is 7.63. The number of hydrogen-bond acceptors (Lipinski definition) is 3. The van der Waals surface area contributed by atoms with E-state index in [9.17, 15) is 0 Å². The Morgan fingerprint density at radius 2 is 1.87 bits per heavy atom. The molecular weight excluding hydrogens is 368 g/mol.